The van der Waals surface area contributed by atoms with Crippen molar-refractivity contribution in [2.24, 2.45) is 5.92 Å². The lowest BCUT2D eigenvalue weighted by atomic mass is 9.97. The summed E-state index contributed by atoms with van der Waals surface area (Å²) in [6.45, 7) is 1.93. The number of carbonyl (C=O) groups excluding carboxylic acids is 1. The Balaban J connectivity index is 2.00. The van der Waals surface area contributed by atoms with Gasteiger partial charge in [0.25, 0.3) is 0 Å². The Kier molecular flexibility index (Phi) is 6.02. The summed E-state index contributed by atoms with van der Waals surface area (Å²) in [6.07, 6.45) is -2.02. The van der Waals surface area contributed by atoms with Crippen molar-refractivity contribution in [2.75, 3.05) is 25.0 Å². The van der Waals surface area contributed by atoms with Crippen LogP contribution in [0.3, 0.4) is 0 Å². The molecule has 0 aliphatic carbocycles. The van der Waals surface area contributed by atoms with Crippen molar-refractivity contribution in [3.63, 3.8) is 0 Å². The number of hydrogen-bond donors (Lipinski definition) is 1. The summed E-state index contributed by atoms with van der Waals surface area (Å²) in [7, 11) is 0. The van der Waals surface area contributed by atoms with Gasteiger partial charge in [0.1, 0.15) is 0 Å². The minimum Gasteiger partial charge on any atom is -0.309 e. The highest BCUT2D eigenvalue weighted by Gasteiger charge is 2.32. The lowest BCUT2D eigenvalue weighted by Crippen LogP contribution is -2.41. The highest BCUT2D eigenvalue weighted by molar-refractivity contribution is 6.33. The first-order valence-corrected chi connectivity index (χ1v) is 7.82. The fourth-order valence-electron chi connectivity index (χ4n) is 2.58. The molecule has 1 amide bonds. The highest BCUT2D eigenvalue weighted by atomic mass is 35.5. The molecular weight excluding hydrogens is 345 g/mol. The van der Waals surface area contributed by atoms with Crippen LogP contribution in [0.25, 0.3) is 0 Å². The van der Waals surface area contributed by atoms with Gasteiger partial charge in [0.05, 0.1) is 22.6 Å². The van der Waals surface area contributed by atoms with Gasteiger partial charge in [-0.1, -0.05) is 11.6 Å². The van der Waals surface area contributed by atoms with Crippen LogP contribution in [-0.4, -0.2) is 35.4 Å². The fraction of sp³-hybridized carbons (Fsp3) is 0.533. The van der Waals surface area contributed by atoms with Crippen LogP contribution in [0, 0.1) is 17.2 Å². The molecule has 0 radical (unpaired) electrons. The number of carbonyl (C=O) groups is 1. The average Bonchev–Trinajstić information content (AvgIpc) is 2.54. The summed E-state index contributed by atoms with van der Waals surface area (Å²) in [6, 6.07) is 2.80. The number of halogens is 4. The number of amides is 1. The zero-order chi connectivity index (χ0) is 17.7. The molecule has 1 aromatic heterocycles. The van der Waals surface area contributed by atoms with E-state index in [1.165, 1.54) is 0 Å². The number of rotatable bonds is 4. The third-order valence-electron chi connectivity index (χ3n) is 3.83. The fourth-order valence-corrected chi connectivity index (χ4v) is 2.80. The molecule has 1 aromatic rings. The number of nitrogens with zero attached hydrogens (tertiary/aromatic N) is 3. The van der Waals surface area contributed by atoms with Crippen LogP contribution >= 0.6 is 11.6 Å². The Hall–Kier alpha value is -1.85. The molecular formula is C15H16ClF3N4O. The molecule has 2 rings (SSSR count). The topological polar surface area (TPSA) is 69.0 Å². The van der Waals surface area contributed by atoms with E-state index in [4.69, 9.17) is 16.9 Å². The van der Waals surface area contributed by atoms with Gasteiger partial charge in [-0.15, -0.1) is 0 Å². The summed E-state index contributed by atoms with van der Waals surface area (Å²) in [4.78, 5) is 17.9. The summed E-state index contributed by atoms with van der Waals surface area (Å²) in [5, 5.41) is 10.9. The standard InChI is InChI=1S/C15H16ClF3N4O/c16-12-7-11(15(17,18)19)8-21-13(12)22-14(24)10-3-1-5-23(9-10)6-2-4-20/h7-8,10H,1-3,5-6,9H2,(H,21,22,24). The van der Waals surface area contributed by atoms with E-state index in [9.17, 15) is 18.0 Å². The van der Waals surface area contributed by atoms with Crippen LogP contribution in [0.15, 0.2) is 12.3 Å². The van der Waals surface area contributed by atoms with Crippen LogP contribution in [0.2, 0.25) is 5.02 Å². The van der Waals surface area contributed by atoms with Gasteiger partial charge >= 0.3 is 6.18 Å². The number of nitriles is 1. The lowest BCUT2D eigenvalue weighted by molar-refractivity contribution is -0.137. The second-order valence-electron chi connectivity index (χ2n) is 5.59. The monoisotopic (exact) mass is 360 g/mol. The number of piperidine rings is 1. The number of nitrogens with one attached hydrogen (secondary N) is 1. The molecule has 24 heavy (non-hydrogen) atoms. The molecule has 0 saturated carbocycles. The molecule has 1 aliphatic rings. The molecule has 0 spiro atoms. The molecule has 1 atom stereocenters. The van der Waals surface area contributed by atoms with E-state index in [-0.39, 0.29) is 22.7 Å². The van der Waals surface area contributed by atoms with Crippen LogP contribution in [0.4, 0.5) is 19.0 Å². The Morgan fingerprint density at radius 2 is 2.29 bits per heavy atom. The first-order valence-electron chi connectivity index (χ1n) is 7.44. The van der Waals surface area contributed by atoms with Gasteiger partial charge in [0.2, 0.25) is 5.91 Å². The van der Waals surface area contributed by atoms with E-state index < -0.39 is 11.7 Å². The first kappa shape index (κ1) is 18.5. The maximum atomic E-state index is 12.6. The van der Waals surface area contributed by atoms with Gasteiger partial charge < -0.3 is 10.2 Å². The summed E-state index contributed by atoms with van der Waals surface area (Å²) in [5.74, 6) is -0.716. The smallest absolute Gasteiger partial charge is 0.309 e. The number of anilines is 1. The van der Waals surface area contributed by atoms with Crippen molar-refractivity contribution in [1.29, 1.82) is 5.26 Å². The molecule has 0 bridgehead atoms. The summed E-state index contributed by atoms with van der Waals surface area (Å²) < 4.78 is 37.8. The number of alkyl halides is 3. The third kappa shape index (κ3) is 4.82. The summed E-state index contributed by atoms with van der Waals surface area (Å²) >= 11 is 5.79. The van der Waals surface area contributed by atoms with Gasteiger partial charge in [-0.3, -0.25) is 4.79 Å². The number of pyridine rings is 1. The predicted octanol–water partition coefficient (Wildman–Crippen LogP) is 3.32. The zero-order valence-electron chi connectivity index (χ0n) is 12.7. The second-order valence-corrected chi connectivity index (χ2v) is 6.00. The Bertz CT molecular complexity index is 645. The van der Waals surface area contributed by atoms with Crippen molar-refractivity contribution in [3.8, 4) is 6.07 Å². The minimum atomic E-state index is -4.54. The second kappa shape index (κ2) is 7.81. The van der Waals surface area contributed by atoms with E-state index in [1.807, 2.05) is 4.90 Å². The third-order valence-corrected chi connectivity index (χ3v) is 4.11. The molecule has 1 fully saturated rings. The maximum absolute atomic E-state index is 12.6. The molecule has 1 aliphatic heterocycles. The molecule has 1 saturated heterocycles. The minimum absolute atomic E-state index is 0.0798. The Morgan fingerprint density at radius 3 is 2.92 bits per heavy atom. The quantitative estimate of drug-likeness (QED) is 0.894. The largest absolute Gasteiger partial charge is 0.417 e. The number of likely N-dealkylation sites (tertiary alicyclic amines) is 1. The van der Waals surface area contributed by atoms with E-state index in [0.717, 1.165) is 19.0 Å². The van der Waals surface area contributed by atoms with Crippen LogP contribution in [0.5, 0.6) is 0 Å². The van der Waals surface area contributed by atoms with Crippen molar-refractivity contribution in [2.45, 2.75) is 25.4 Å². The number of hydrogen-bond acceptors (Lipinski definition) is 4. The maximum Gasteiger partial charge on any atom is 0.417 e. The van der Waals surface area contributed by atoms with E-state index >= 15 is 0 Å². The van der Waals surface area contributed by atoms with Crippen molar-refractivity contribution < 1.29 is 18.0 Å². The molecule has 1 N–H and O–H groups in total. The van der Waals surface area contributed by atoms with Crippen molar-refractivity contribution >= 4 is 23.3 Å². The average molecular weight is 361 g/mol. The van der Waals surface area contributed by atoms with E-state index in [0.29, 0.717) is 32.1 Å². The van der Waals surface area contributed by atoms with Gasteiger partial charge in [-0.2, -0.15) is 18.4 Å². The Morgan fingerprint density at radius 1 is 1.54 bits per heavy atom. The van der Waals surface area contributed by atoms with Gasteiger partial charge in [-0.25, -0.2) is 4.98 Å². The summed E-state index contributed by atoms with van der Waals surface area (Å²) in [5.41, 5.74) is -0.967. The lowest BCUT2D eigenvalue weighted by Gasteiger charge is -2.31. The molecule has 2 heterocycles. The van der Waals surface area contributed by atoms with Crippen LogP contribution in [0.1, 0.15) is 24.8 Å². The molecule has 5 nitrogen and oxygen atoms in total. The van der Waals surface area contributed by atoms with E-state index in [1.54, 1.807) is 0 Å². The van der Waals surface area contributed by atoms with Gasteiger partial charge in [0.15, 0.2) is 5.82 Å². The Labute approximate surface area is 142 Å². The molecule has 0 aromatic carbocycles. The highest BCUT2D eigenvalue weighted by Crippen LogP contribution is 2.32. The van der Waals surface area contributed by atoms with Crippen molar-refractivity contribution in [1.82, 2.24) is 9.88 Å². The molecule has 130 valence electrons. The number of aromatic nitrogens is 1. The SMILES string of the molecule is N#CCCN1CCCC(C(=O)Nc2ncc(C(F)(F)F)cc2Cl)C1. The zero-order valence-corrected chi connectivity index (χ0v) is 13.5. The first-order chi connectivity index (χ1) is 11.3. The van der Waals surface area contributed by atoms with Crippen molar-refractivity contribution in [3.05, 3.63) is 22.8 Å². The van der Waals surface area contributed by atoms with Crippen LogP contribution < -0.4 is 5.32 Å². The van der Waals surface area contributed by atoms with E-state index in [2.05, 4.69) is 16.4 Å². The van der Waals surface area contributed by atoms with Gasteiger partial charge in [0, 0.05) is 25.7 Å². The molecule has 1 unspecified atom stereocenters. The molecule has 9 heteroatoms. The normalized spacial score (nSPS) is 18.9. The predicted molar refractivity (Wildman–Crippen MR) is 82.3 cm³/mol. The van der Waals surface area contributed by atoms with Crippen LogP contribution in [-0.2, 0) is 11.0 Å². The van der Waals surface area contributed by atoms with Gasteiger partial charge in [-0.05, 0) is 25.5 Å².